The summed E-state index contributed by atoms with van der Waals surface area (Å²) in [5, 5.41) is 0. The van der Waals surface area contributed by atoms with E-state index in [4.69, 9.17) is 4.74 Å². The van der Waals surface area contributed by atoms with Gasteiger partial charge in [0.1, 0.15) is 6.10 Å². The fourth-order valence-electron chi connectivity index (χ4n) is 4.16. The van der Waals surface area contributed by atoms with Gasteiger partial charge in [0, 0.05) is 38.1 Å². The molecule has 136 valence electrons. The molecule has 4 rings (SSSR count). The third-order valence-electron chi connectivity index (χ3n) is 5.52. The van der Waals surface area contributed by atoms with E-state index in [1.165, 1.54) is 5.56 Å². The number of piperidine rings is 1. The number of hydrogen-bond acceptors (Lipinski definition) is 4. The highest BCUT2D eigenvalue weighted by atomic mass is 16.6. The zero-order valence-corrected chi connectivity index (χ0v) is 15.1. The molecule has 0 N–H and O–H groups in total. The molecule has 0 aliphatic carbocycles. The predicted molar refractivity (Wildman–Crippen MR) is 99.5 cm³/mol. The molecule has 1 aromatic carbocycles. The second-order valence-corrected chi connectivity index (χ2v) is 7.23. The molecule has 5 nitrogen and oxygen atoms in total. The summed E-state index contributed by atoms with van der Waals surface area (Å²) in [6.07, 6.45) is 5.37. The molecule has 2 atom stereocenters. The van der Waals surface area contributed by atoms with Gasteiger partial charge in [0.2, 0.25) is 0 Å². The van der Waals surface area contributed by atoms with Gasteiger partial charge >= 0.3 is 6.09 Å². The molecule has 1 amide bonds. The number of hydrogen-bond donors (Lipinski definition) is 0. The lowest BCUT2D eigenvalue weighted by Crippen LogP contribution is -2.47. The van der Waals surface area contributed by atoms with Crippen LogP contribution in [0.5, 0.6) is 0 Å². The average Bonchev–Trinajstić information content (AvgIpc) is 2.98. The van der Waals surface area contributed by atoms with Crippen LogP contribution in [0.3, 0.4) is 0 Å². The van der Waals surface area contributed by atoms with Crippen LogP contribution in [0.25, 0.3) is 0 Å². The van der Waals surface area contributed by atoms with Gasteiger partial charge < -0.3 is 4.74 Å². The van der Waals surface area contributed by atoms with Crippen molar-refractivity contribution in [3.05, 3.63) is 66.0 Å². The van der Waals surface area contributed by atoms with Crippen LogP contribution in [0.1, 0.15) is 37.0 Å². The van der Waals surface area contributed by atoms with E-state index in [0.717, 1.165) is 38.0 Å². The van der Waals surface area contributed by atoms with E-state index in [2.05, 4.69) is 22.9 Å². The highest BCUT2D eigenvalue weighted by Gasteiger charge is 2.43. The number of benzene rings is 1. The lowest BCUT2D eigenvalue weighted by molar-refractivity contribution is 0.106. The molecule has 2 aliphatic heterocycles. The third kappa shape index (κ3) is 3.44. The minimum Gasteiger partial charge on any atom is -0.439 e. The summed E-state index contributed by atoms with van der Waals surface area (Å²) in [5.74, 6) is 0. The van der Waals surface area contributed by atoms with Crippen molar-refractivity contribution in [1.82, 2.24) is 14.8 Å². The fraction of sp³-hybridized carbons (Fsp3) is 0.429. The molecule has 1 aromatic heterocycles. The number of aromatic nitrogens is 1. The Kier molecular flexibility index (Phi) is 4.89. The molecule has 2 aromatic rings. The van der Waals surface area contributed by atoms with Gasteiger partial charge in [-0.15, -0.1) is 0 Å². The molecule has 0 spiro atoms. The Morgan fingerprint density at radius 3 is 2.58 bits per heavy atom. The van der Waals surface area contributed by atoms with Crippen molar-refractivity contribution in [2.24, 2.45) is 0 Å². The first-order valence-corrected chi connectivity index (χ1v) is 9.37. The summed E-state index contributed by atoms with van der Waals surface area (Å²) >= 11 is 0. The zero-order valence-electron chi connectivity index (χ0n) is 15.1. The van der Waals surface area contributed by atoms with E-state index in [9.17, 15) is 4.79 Å². The van der Waals surface area contributed by atoms with Gasteiger partial charge in [0.25, 0.3) is 0 Å². The van der Waals surface area contributed by atoms with Crippen LogP contribution in [-0.2, 0) is 11.3 Å². The van der Waals surface area contributed by atoms with Crippen molar-refractivity contribution >= 4 is 6.09 Å². The first-order valence-electron chi connectivity index (χ1n) is 9.37. The average molecular weight is 351 g/mol. The van der Waals surface area contributed by atoms with Crippen LogP contribution in [0.15, 0.2) is 54.9 Å². The minimum absolute atomic E-state index is 0.0692. The summed E-state index contributed by atoms with van der Waals surface area (Å²) in [7, 11) is 0. The SMILES string of the molecule is CC1C(c2ccccc2)OC(=O)N1C1CCN(Cc2cccnc2)CC1. The number of carbonyl (C=O) groups excluding carboxylic acids is 1. The lowest BCUT2D eigenvalue weighted by atomic mass is 9.98. The van der Waals surface area contributed by atoms with Crippen LogP contribution in [0.2, 0.25) is 0 Å². The van der Waals surface area contributed by atoms with Crippen molar-refractivity contribution in [2.75, 3.05) is 13.1 Å². The topological polar surface area (TPSA) is 45.7 Å². The number of ether oxygens (including phenoxy) is 1. The quantitative estimate of drug-likeness (QED) is 0.844. The number of cyclic esters (lactones) is 1. The Balaban J connectivity index is 1.37. The molecule has 26 heavy (non-hydrogen) atoms. The molecular weight excluding hydrogens is 326 g/mol. The zero-order chi connectivity index (χ0) is 17.9. The highest BCUT2D eigenvalue weighted by molar-refractivity contribution is 5.71. The predicted octanol–water partition coefficient (Wildman–Crippen LogP) is 3.63. The van der Waals surface area contributed by atoms with E-state index in [1.54, 1.807) is 6.20 Å². The molecule has 0 bridgehead atoms. The van der Waals surface area contributed by atoms with Crippen LogP contribution in [0.4, 0.5) is 4.79 Å². The molecule has 2 unspecified atom stereocenters. The number of nitrogens with zero attached hydrogens (tertiary/aromatic N) is 3. The first-order chi connectivity index (χ1) is 12.7. The second kappa shape index (κ2) is 7.46. The maximum absolute atomic E-state index is 12.5. The Morgan fingerprint density at radius 2 is 1.88 bits per heavy atom. The van der Waals surface area contributed by atoms with Crippen LogP contribution in [-0.4, -0.2) is 46.1 Å². The first kappa shape index (κ1) is 17.0. The van der Waals surface area contributed by atoms with Crippen LogP contribution in [0, 0.1) is 0 Å². The van der Waals surface area contributed by atoms with Gasteiger partial charge in [-0.1, -0.05) is 36.4 Å². The van der Waals surface area contributed by atoms with Crippen LogP contribution >= 0.6 is 0 Å². The van der Waals surface area contributed by atoms with Gasteiger partial charge in [-0.05, 0) is 37.0 Å². The Labute approximate surface area is 154 Å². The maximum atomic E-state index is 12.5. The van der Waals surface area contributed by atoms with Crippen molar-refractivity contribution in [3.63, 3.8) is 0 Å². The summed E-state index contributed by atoms with van der Waals surface area (Å²) in [6, 6.07) is 14.5. The minimum atomic E-state index is -0.169. The van der Waals surface area contributed by atoms with E-state index < -0.39 is 0 Å². The second-order valence-electron chi connectivity index (χ2n) is 7.23. The third-order valence-corrected chi connectivity index (χ3v) is 5.52. The van der Waals surface area contributed by atoms with Gasteiger partial charge in [-0.2, -0.15) is 0 Å². The normalized spacial score (nSPS) is 24.7. The molecule has 2 saturated heterocycles. The smallest absolute Gasteiger partial charge is 0.411 e. The van der Waals surface area contributed by atoms with Crippen molar-refractivity contribution < 1.29 is 9.53 Å². The molecule has 5 heteroatoms. The molecule has 0 saturated carbocycles. The standard InChI is InChI=1S/C21H25N3O2/c1-16-20(18-7-3-2-4-8-18)26-21(25)24(16)19-9-12-23(13-10-19)15-17-6-5-11-22-14-17/h2-8,11,14,16,19-20H,9-10,12-13,15H2,1H3. The van der Waals surface area contributed by atoms with E-state index in [0.29, 0.717) is 0 Å². The highest BCUT2D eigenvalue weighted by Crippen LogP contribution is 2.35. The van der Waals surface area contributed by atoms with Crippen molar-refractivity contribution in [1.29, 1.82) is 0 Å². The Hall–Kier alpha value is -2.40. The van der Waals surface area contributed by atoms with Crippen molar-refractivity contribution in [2.45, 2.75) is 44.5 Å². The largest absolute Gasteiger partial charge is 0.439 e. The number of likely N-dealkylation sites (tertiary alicyclic amines) is 1. The van der Waals surface area contributed by atoms with Gasteiger partial charge in [-0.25, -0.2) is 4.79 Å². The number of amides is 1. The Bertz CT molecular complexity index is 729. The van der Waals surface area contributed by atoms with Gasteiger partial charge in [0.15, 0.2) is 0 Å². The molecule has 2 fully saturated rings. The van der Waals surface area contributed by atoms with E-state index >= 15 is 0 Å². The molecule has 2 aliphatic rings. The molecular formula is C21H25N3O2. The van der Waals surface area contributed by atoms with Gasteiger partial charge in [0.05, 0.1) is 6.04 Å². The monoisotopic (exact) mass is 351 g/mol. The fourth-order valence-corrected chi connectivity index (χ4v) is 4.16. The maximum Gasteiger partial charge on any atom is 0.411 e. The summed E-state index contributed by atoms with van der Waals surface area (Å²) in [6.45, 7) is 5.01. The number of carbonyl (C=O) groups is 1. The van der Waals surface area contributed by atoms with E-state index in [-0.39, 0.29) is 24.3 Å². The summed E-state index contributed by atoms with van der Waals surface area (Å²) < 4.78 is 5.71. The van der Waals surface area contributed by atoms with E-state index in [1.807, 2.05) is 47.5 Å². The molecule has 3 heterocycles. The summed E-state index contributed by atoms with van der Waals surface area (Å²) in [5.41, 5.74) is 2.31. The lowest BCUT2D eigenvalue weighted by Gasteiger charge is -2.37. The van der Waals surface area contributed by atoms with Gasteiger partial charge in [-0.3, -0.25) is 14.8 Å². The Morgan fingerprint density at radius 1 is 1.12 bits per heavy atom. The number of rotatable bonds is 4. The summed E-state index contributed by atoms with van der Waals surface area (Å²) in [4.78, 5) is 21.1. The molecule has 0 radical (unpaired) electrons. The van der Waals surface area contributed by atoms with Crippen molar-refractivity contribution in [3.8, 4) is 0 Å². The number of pyridine rings is 1. The van der Waals surface area contributed by atoms with Crippen LogP contribution < -0.4 is 0 Å².